The molecule has 1 N–H and O–H groups in total. The van der Waals surface area contributed by atoms with E-state index in [1.165, 1.54) is 17.5 Å². The Morgan fingerprint density at radius 2 is 2.35 bits per heavy atom. The molecule has 110 valence electrons. The molecule has 1 aromatic rings. The highest BCUT2D eigenvalue weighted by Crippen LogP contribution is 2.28. The molecule has 1 saturated carbocycles. The predicted octanol–water partition coefficient (Wildman–Crippen LogP) is 0.818. The number of hydrogen-bond acceptors (Lipinski definition) is 5. The minimum atomic E-state index is -0.140. The molecule has 0 amide bonds. The lowest BCUT2D eigenvalue weighted by molar-refractivity contribution is -0.0241. The number of anilines is 1. The molecule has 1 saturated heterocycles. The van der Waals surface area contributed by atoms with Crippen LogP contribution in [0.25, 0.3) is 0 Å². The molecule has 0 bridgehead atoms. The van der Waals surface area contributed by atoms with Crippen molar-refractivity contribution in [3.05, 3.63) is 21.0 Å². The Morgan fingerprint density at radius 1 is 1.55 bits per heavy atom. The summed E-state index contributed by atoms with van der Waals surface area (Å²) >= 11 is 3.31. The van der Waals surface area contributed by atoms with Crippen LogP contribution in [0.1, 0.15) is 12.8 Å². The van der Waals surface area contributed by atoms with Crippen LogP contribution in [0.5, 0.6) is 0 Å². The van der Waals surface area contributed by atoms with Gasteiger partial charge in [0.1, 0.15) is 4.47 Å². The Hall–Kier alpha value is -0.920. The molecule has 0 aromatic carbocycles. The molecule has 3 rings (SSSR count). The highest BCUT2D eigenvalue weighted by Gasteiger charge is 2.32. The van der Waals surface area contributed by atoms with Crippen LogP contribution < -0.4 is 10.9 Å². The van der Waals surface area contributed by atoms with Gasteiger partial charge in [-0.3, -0.25) is 9.69 Å². The second kappa shape index (κ2) is 5.83. The van der Waals surface area contributed by atoms with Crippen molar-refractivity contribution in [2.75, 3.05) is 31.6 Å². The molecule has 2 fully saturated rings. The molecule has 1 aromatic heterocycles. The van der Waals surface area contributed by atoms with E-state index in [1.54, 1.807) is 13.2 Å². The predicted molar refractivity (Wildman–Crippen MR) is 80.0 cm³/mol. The van der Waals surface area contributed by atoms with E-state index in [-0.39, 0.29) is 11.7 Å². The molecule has 6 nitrogen and oxygen atoms in total. The van der Waals surface area contributed by atoms with Crippen LogP contribution in [0.15, 0.2) is 15.5 Å². The average Bonchev–Trinajstić information content (AvgIpc) is 3.29. The molecule has 1 atom stereocenters. The van der Waals surface area contributed by atoms with Crippen molar-refractivity contribution in [1.82, 2.24) is 14.7 Å². The largest absolute Gasteiger partial charge is 0.380 e. The normalized spacial score (nSPS) is 23.8. The Balaban J connectivity index is 1.59. The Bertz CT molecular complexity index is 544. The number of halogens is 1. The lowest BCUT2D eigenvalue weighted by Gasteiger charge is -2.33. The summed E-state index contributed by atoms with van der Waals surface area (Å²) in [5, 5.41) is 7.27. The van der Waals surface area contributed by atoms with Gasteiger partial charge in [-0.05, 0) is 28.8 Å². The maximum absolute atomic E-state index is 11.8. The van der Waals surface area contributed by atoms with Crippen molar-refractivity contribution in [2.45, 2.75) is 25.0 Å². The maximum Gasteiger partial charge on any atom is 0.282 e. The van der Waals surface area contributed by atoms with E-state index in [0.29, 0.717) is 11.0 Å². The first-order valence-electron chi connectivity index (χ1n) is 6.96. The zero-order chi connectivity index (χ0) is 14.1. The second-order valence-electron chi connectivity index (χ2n) is 5.40. The summed E-state index contributed by atoms with van der Waals surface area (Å²) in [6.07, 6.45) is 4.47. The summed E-state index contributed by atoms with van der Waals surface area (Å²) in [5.74, 6) is 0. The van der Waals surface area contributed by atoms with Crippen LogP contribution in [-0.2, 0) is 11.8 Å². The van der Waals surface area contributed by atoms with Crippen molar-refractivity contribution in [2.24, 2.45) is 7.05 Å². The molecule has 2 heterocycles. The third kappa shape index (κ3) is 3.05. The molecule has 20 heavy (non-hydrogen) atoms. The van der Waals surface area contributed by atoms with Gasteiger partial charge in [-0.1, -0.05) is 0 Å². The van der Waals surface area contributed by atoms with Gasteiger partial charge in [0.05, 0.1) is 24.6 Å². The van der Waals surface area contributed by atoms with Crippen molar-refractivity contribution >= 4 is 21.6 Å². The molecule has 0 spiro atoms. The summed E-state index contributed by atoms with van der Waals surface area (Å²) < 4.78 is 7.60. The van der Waals surface area contributed by atoms with Crippen LogP contribution in [0.4, 0.5) is 5.69 Å². The molecule has 1 aliphatic heterocycles. The summed E-state index contributed by atoms with van der Waals surface area (Å²) in [7, 11) is 1.63. The summed E-state index contributed by atoms with van der Waals surface area (Å²) in [4.78, 5) is 14.3. The number of aromatic nitrogens is 2. The van der Waals surface area contributed by atoms with Crippen LogP contribution >= 0.6 is 15.9 Å². The van der Waals surface area contributed by atoms with Gasteiger partial charge >= 0.3 is 0 Å². The number of morpholine rings is 1. The Labute approximate surface area is 126 Å². The van der Waals surface area contributed by atoms with E-state index in [1.807, 2.05) is 0 Å². The Kier molecular flexibility index (Phi) is 4.09. The average molecular weight is 343 g/mol. The molecule has 1 aliphatic carbocycles. The van der Waals surface area contributed by atoms with E-state index >= 15 is 0 Å². The molecular formula is C13H19BrN4O2. The lowest BCUT2D eigenvalue weighted by Crippen LogP contribution is -2.46. The standard InChI is InChI=1S/C13H19BrN4O2/c1-17-13(19)12(14)11(7-16-17)15-6-10-8-18(4-5-20-10)9-2-3-9/h7,9-10,15H,2-6,8H2,1H3. The molecule has 0 radical (unpaired) electrons. The molecular weight excluding hydrogens is 324 g/mol. The SMILES string of the molecule is Cn1ncc(NCC2CN(C3CC3)CCO2)c(Br)c1=O. The first kappa shape index (κ1) is 14.0. The zero-order valence-corrected chi connectivity index (χ0v) is 13.1. The van der Waals surface area contributed by atoms with E-state index in [2.05, 4.69) is 31.2 Å². The van der Waals surface area contributed by atoms with Crippen LogP contribution in [0.2, 0.25) is 0 Å². The molecule has 2 aliphatic rings. The van der Waals surface area contributed by atoms with E-state index in [0.717, 1.165) is 31.4 Å². The van der Waals surface area contributed by atoms with Gasteiger partial charge in [0.2, 0.25) is 0 Å². The zero-order valence-electron chi connectivity index (χ0n) is 11.5. The first-order chi connectivity index (χ1) is 9.65. The van der Waals surface area contributed by atoms with Gasteiger partial charge in [0.25, 0.3) is 5.56 Å². The van der Waals surface area contributed by atoms with E-state index in [4.69, 9.17) is 4.74 Å². The van der Waals surface area contributed by atoms with Crippen molar-refractivity contribution in [3.63, 3.8) is 0 Å². The molecule has 7 heteroatoms. The number of ether oxygens (including phenoxy) is 1. The summed E-state index contributed by atoms with van der Waals surface area (Å²) in [5.41, 5.74) is 0.583. The second-order valence-corrected chi connectivity index (χ2v) is 6.19. The smallest absolute Gasteiger partial charge is 0.282 e. The monoisotopic (exact) mass is 342 g/mol. The van der Waals surface area contributed by atoms with Gasteiger partial charge in [-0.2, -0.15) is 5.10 Å². The van der Waals surface area contributed by atoms with Gasteiger partial charge < -0.3 is 10.1 Å². The summed E-state index contributed by atoms with van der Waals surface area (Å²) in [6.45, 7) is 3.49. The van der Waals surface area contributed by atoms with Crippen LogP contribution in [0, 0.1) is 0 Å². The van der Waals surface area contributed by atoms with Crippen molar-refractivity contribution < 1.29 is 4.74 Å². The number of aryl methyl sites for hydroxylation is 1. The van der Waals surface area contributed by atoms with Gasteiger partial charge in [-0.25, -0.2) is 4.68 Å². The molecule has 1 unspecified atom stereocenters. The third-order valence-corrected chi connectivity index (χ3v) is 4.60. The number of nitrogens with zero attached hydrogens (tertiary/aromatic N) is 3. The third-order valence-electron chi connectivity index (χ3n) is 3.83. The van der Waals surface area contributed by atoms with Crippen molar-refractivity contribution in [1.29, 1.82) is 0 Å². The van der Waals surface area contributed by atoms with E-state index < -0.39 is 0 Å². The Morgan fingerprint density at radius 3 is 3.10 bits per heavy atom. The topological polar surface area (TPSA) is 59.4 Å². The number of rotatable bonds is 4. The minimum absolute atomic E-state index is 0.140. The lowest BCUT2D eigenvalue weighted by atomic mass is 10.2. The van der Waals surface area contributed by atoms with Crippen LogP contribution in [0.3, 0.4) is 0 Å². The first-order valence-corrected chi connectivity index (χ1v) is 7.76. The van der Waals surface area contributed by atoms with Crippen molar-refractivity contribution in [3.8, 4) is 0 Å². The highest BCUT2D eigenvalue weighted by molar-refractivity contribution is 9.10. The van der Waals surface area contributed by atoms with E-state index in [9.17, 15) is 4.79 Å². The van der Waals surface area contributed by atoms with Gasteiger partial charge in [-0.15, -0.1) is 0 Å². The minimum Gasteiger partial charge on any atom is -0.380 e. The van der Waals surface area contributed by atoms with Gasteiger partial charge in [0.15, 0.2) is 0 Å². The fourth-order valence-electron chi connectivity index (χ4n) is 2.49. The number of hydrogen-bond donors (Lipinski definition) is 1. The fraction of sp³-hybridized carbons (Fsp3) is 0.692. The maximum atomic E-state index is 11.8. The highest BCUT2D eigenvalue weighted by atomic mass is 79.9. The quantitative estimate of drug-likeness (QED) is 0.877. The number of nitrogens with one attached hydrogen (secondary N) is 1. The summed E-state index contributed by atoms with van der Waals surface area (Å²) in [6, 6.07) is 0.777. The van der Waals surface area contributed by atoms with Gasteiger partial charge in [0, 0.05) is 32.7 Å². The fourth-order valence-corrected chi connectivity index (χ4v) is 2.99. The van der Waals surface area contributed by atoms with Crippen LogP contribution in [-0.4, -0.2) is 53.1 Å².